The minimum Gasteiger partial charge on any atom is -0.394 e. The third-order valence-corrected chi connectivity index (χ3v) is 14.4. The highest BCUT2D eigenvalue weighted by Gasteiger charge is 2.44. The second-order valence-electron chi connectivity index (χ2n) is 21.1. The number of rotatable bonds is 52. The van der Waals surface area contributed by atoms with Gasteiger partial charge in [0.25, 0.3) is 0 Å². The average Bonchev–Trinajstić information content (AvgIpc) is 3.37. The molecule has 9 nitrogen and oxygen atoms in total. The lowest BCUT2D eigenvalue weighted by Crippen LogP contribution is -2.60. The van der Waals surface area contributed by atoms with Crippen LogP contribution in [0.2, 0.25) is 0 Å². The molecule has 1 heterocycles. The maximum atomic E-state index is 13.0. The van der Waals surface area contributed by atoms with Crippen LogP contribution in [0.15, 0.2) is 48.6 Å². The van der Waals surface area contributed by atoms with Crippen LogP contribution in [-0.4, -0.2) is 87.5 Å². The van der Waals surface area contributed by atoms with Crippen molar-refractivity contribution in [2.45, 2.75) is 326 Å². The Kier molecular flexibility index (Phi) is 48.8. The highest BCUT2D eigenvalue weighted by atomic mass is 16.7. The molecule has 0 radical (unpaired) electrons. The van der Waals surface area contributed by atoms with Gasteiger partial charge in [-0.3, -0.25) is 4.79 Å². The molecule has 0 aromatic heterocycles. The first-order chi connectivity index (χ1) is 34.8. The van der Waals surface area contributed by atoms with Crippen molar-refractivity contribution in [2.75, 3.05) is 13.2 Å². The summed E-state index contributed by atoms with van der Waals surface area (Å²) in [6, 6.07) is -0.801. The quantitative estimate of drug-likeness (QED) is 0.0261. The first-order valence-electron chi connectivity index (χ1n) is 30.4. The van der Waals surface area contributed by atoms with Crippen LogP contribution in [0.1, 0.15) is 284 Å². The van der Waals surface area contributed by atoms with Crippen LogP contribution < -0.4 is 5.32 Å². The van der Waals surface area contributed by atoms with E-state index in [1.54, 1.807) is 6.08 Å². The number of hydrogen-bond donors (Lipinski definition) is 6. The molecule has 7 unspecified atom stereocenters. The topological polar surface area (TPSA) is 149 Å². The normalized spacial score (nSPS) is 19.6. The van der Waals surface area contributed by atoms with E-state index in [-0.39, 0.29) is 12.5 Å². The summed E-state index contributed by atoms with van der Waals surface area (Å²) in [4.78, 5) is 13.0. The molecule has 1 amide bonds. The Morgan fingerprint density at radius 2 is 0.831 bits per heavy atom. The lowest BCUT2D eigenvalue weighted by Gasteiger charge is -2.40. The molecule has 6 N–H and O–H groups in total. The van der Waals surface area contributed by atoms with Gasteiger partial charge in [0.15, 0.2) is 6.29 Å². The lowest BCUT2D eigenvalue weighted by atomic mass is 9.99. The van der Waals surface area contributed by atoms with Crippen molar-refractivity contribution in [1.82, 2.24) is 5.32 Å². The molecule has 71 heavy (non-hydrogen) atoms. The van der Waals surface area contributed by atoms with Gasteiger partial charge < -0.3 is 40.3 Å². The summed E-state index contributed by atoms with van der Waals surface area (Å²) in [7, 11) is 0. The standard InChI is InChI=1S/C62H115NO8/c1-3-5-7-9-11-13-14-15-16-17-18-19-20-21-22-23-24-25-26-27-28-29-30-31-32-33-34-35-36-37-38-39-40-41-42-44-46-48-50-52-58(66)63-55(56(65)51-49-47-45-43-12-10-8-6-4-2)54-70-62-61(69)60(68)59(67)57(53-64)71-62/h14-15,17-18,20-21,49,51,55-57,59-62,64-65,67-69H,3-13,16,19,22-48,50,52-54H2,1-2H3,(H,63,66)/b15-14-,18-17-,21-20-,51-49+. The number of allylic oxidation sites excluding steroid dienone is 7. The number of carbonyl (C=O) groups excluding carboxylic acids is 1. The van der Waals surface area contributed by atoms with Crippen LogP contribution in [0.3, 0.4) is 0 Å². The smallest absolute Gasteiger partial charge is 0.220 e. The van der Waals surface area contributed by atoms with E-state index in [4.69, 9.17) is 9.47 Å². The Morgan fingerprint density at radius 1 is 0.479 bits per heavy atom. The molecule has 7 atom stereocenters. The molecule has 0 aliphatic carbocycles. The van der Waals surface area contributed by atoms with Crippen LogP contribution in [0.4, 0.5) is 0 Å². The molecule has 9 heteroatoms. The predicted octanol–water partition coefficient (Wildman–Crippen LogP) is 15.3. The molecule has 0 bridgehead atoms. The van der Waals surface area contributed by atoms with Gasteiger partial charge in [0.05, 0.1) is 25.4 Å². The number of ether oxygens (including phenoxy) is 2. The maximum absolute atomic E-state index is 13.0. The van der Waals surface area contributed by atoms with Crippen molar-refractivity contribution >= 4 is 5.91 Å². The van der Waals surface area contributed by atoms with Crippen LogP contribution in [0.25, 0.3) is 0 Å². The number of aliphatic hydroxyl groups is 5. The third kappa shape index (κ3) is 41.1. The Bertz CT molecular complexity index is 1250. The van der Waals surface area contributed by atoms with E-state index < -0.39 is 49.5 Å². The fourth-order valence-electron chi connectivity index (χ4n) is 9.58. The third-order valence-electron chi connectivity index (χ3n) is 14.4. The number of carbonyl (C=O) groups is 1. The van der Waals surface area contributed by atoms with E-state index in [9.17, 15) is 30.3 Å². The number of unbranched alkanes of at least 4 members (excludes halogenated alkanes) is 36. The van der Waals surface area contributed by atoms with Crippen molar-refractivity contribution in [3.8, 4) is 0 Å². The van der Waals surface area contributed by atoms with E-state index >= 15 is 0 Å². The van der Waals surface area contributed by atoms with Gasteiger partial charge in [0, 0.05) is 6.42 Å². The highest BCUT2D eigenvalue weighted by Crippen LogP contribution is 2.23. The molecule has 1 saturated heterocycles. The number of aliphatic hydroxyl groups excluding tert-OH is 5. The predicted molar refractivity (Wildman–Crippen MR) is 299 cm³/mol. The summed E-state index contributed by atoms with van der Waals surface area (Å²) in [5.74, 6) is -0.176. The van der Waals surface area contributed by atoms with Gasteiger partial charge in [-0.05, 0) is 57.8 Å². The zero-order valence-corrected chi connectivity index (χ0v) is 46.2. The summed E-state index contributed by atoms with van der Waals surface area (Å²) in [6.07, 6.45) is 62.3. The number of nitrogens with one attached hydrogen (secondary N) is 1. The van der Waals surface area contributed by atoms with Crippen molar-refractivity contribution < 1.29 is 39.8 Å². The van der Waals surface area contributed by atoms with Crippen LogP contribution >= 0.6 is 0 Å². The van der Waals surface area contributed by atoms with Crippen LogP contribution in [0, 0.1) is 0 Å². The van der Waals surface area contributed by atoms with E-state index in [1.165, 1.54) is 212 Å². The molecule has 0 aromatic rings. The highest BCUT2D eigenvalue weighted by molar-refractivity contribution is 5.76. The molecule has 1 aliphatic heterocycles. The lowest BCUT2D eigenvalue weighted by molar-refractivity contribution is -0.302. The minimum atomic E-state index is -1.56. The fraction of sp³-hybridized carbons (Fsp3) is 0.855. The maximum Gasteiger partial charge on any atom is 0.220 e. The molecule has 1 aliphatic rings. The van der Waals surface area contributed by atoms with Crippen molar-refractivity contribution in [3.63, 3.8) is 0 Å². The van der Waals surface area contributed by atoms with Crippen molar-refractivity contribution in [3.05, 3.63) is 48.6 Å². The average molecular weight is 1000 g/mol. The molecular weight excluding hydrogens is 887 g/mol. The van der Waals surface area contributed by atoms with Crippen molar-refractivity contribution in [1.29, 1.82) is 0 Å². The first kappa shape index (κ1) is 67.2. The molecule has 416 valence electrons. The second kappa shape index (κ2) is 51.6. The number of amides is 1. The zero-order chi connectivity index (χ0) is 51.5. The van der Waals surface area contributed by atoms with Gasteiger partial charge in [-0.25, -0.2) is 0 Å². The number of hydrogen-bond acceptors (Lipinski definition) is 8. The Hall–Kier alpha value is -1.85. The van der Waals surface area contributed by atoms with Gasteiger partial charge >= 0.3 is 0 Å². The molecular formula is C62H115NO8. The molecule has 1 fully saturated rings. The second-order valence-corrected chi connectivity index (χ2v) is 21.1. The van der Waals surface area contributed by atoms with Gasteiger partial charge in [0.1, 0.15) is 24.4 Å². The molecule has 0 aromatic carbocycles. The Balaban J connectivity index is 1.99. The summed E-state index contributed by atoms with van der Waals surface area (Å²) in [6.45, 7) is 3.74. The van der Waals surface area contributed by atoms with E-state index in [1.807, 2.05) is 6.08 Å². The summed E-state index contributed by atoms with van der Waals surface area (Å²) < 4.78 is 11.2. The zero-order valence-electron chi connectivity index (χ0n) is 46.2. The summed E-state index contributed by atoms with van der Waals surface area (Å²) in [5.41, 5.74) is 0. The van der Waals surface area contributed by atoms with Gasteiger partial charge in [-0.1, -0.05) is 268 Å². The monoisotopic (exact) mass is 1000 g/mol. The van der Waals surface area contributed by atoms with E-state index in [0.717, 1.165) is 51.4 Å². The van der Waals surface area contributed by atoms with E-state index in [0.29, 0.717) is 6.42 Å². The van der Waals surface area contributed by atoms with Gasteiger partial charge in [0.2, 0.25) is 5.91 Å². The van der Waals surface area contributed by atoms with Crippen LogP contribution in [0.5, 0.6) is 0 Å². The molecule has 0 saturated carbocycles. The summed E-state index contributed by atoms with van der Waals surface area (Å²) >= 11 is 0. The van der Waals surface area contributed by atoms with Crippen molar-refractivity contribution in [2.24, 2.45) is 0 Å². The van der Waals surface area contributed by atoms with E-state index in [2.05, 4.69) is 55.6 Å². The Labute approximate surface area is 437 Å². The van der Waals surface area contributed by atoms with Gasteiger partial charge in [-0.2, -0.15) is 0 Å². The first-order valence-corrected chi connectivity index (χ1v) is 30.4. The SMILES string of the molecule is CCCCCCC/C=C\C/C=C\C/C=C\CCCCCCCCCCCCCCCCCCCCCCCCCCC(=O)NC(COC1OC(CO)C(O)C(O)C1O)C(O)/C=C/CCCCCCCCC. The molecule has 0 spiro atoms. The Morgan fingerprint density at radius 3 is 1.23 bits per heavy atom. The largest absolute Gasteiger partial charge is 0.394 e. The fourth-order valence-corrected chi connectivity index (χ4v) is 9.58. The van der Waals surface area contributed by atoms with Gasteiger partial charge in [-0.15, -0.1) is 0 Å². The van der Waals surface area contributed by atoms with Crippen LogP contribution in [-0.2, 0) is 14.3 Å². The minimum absolute atomic E-state index is 0.176. The molecule has 1 rings (SSSR count). The summed E-state index contributed by atoms with van der Waals surface area (Å²) in [5, 5.41) is 54.2.